The van der Waals surface area contributed by atoms with Crippen molar-refractivity contribution >= 4 is 15.9 Å². The van der Waals surface area contributed by atoms with E-state index in [0.29, 0.717) is 12.6 Å². The Morgan fingerprint density at radius 3 is 2.95 bits per heavy atom. The van der Waals surface area contributed by atoms with Crippen LogP contribution in [0.25, 0.3) is 0 Å². The quantitative estimate of drug-likeness (QED) is 0.894. The zero-order chi connectivity index (χ0) is 13.9. The molecule has 19 heavy (non-hydrogen) atoms. The molecule has 0 aromatic heterocycles. The van der Waals surface area contributed by atoms with Gasteiger partial charge in [-0.1, -0.05) is 28.9 Å². The molecule has 0 saturated heterocycles. The summed E-state index contributed by atoms with van der Waals surface area (Å²) in [5.41, 5.74) is 0.968. The Morgan fingerprint density at radius 1 is 1.47 bits per heavy atom. The Bertz CT molecular complexity index is 438. The first kappa shape index (κ1) is 14.8. The summed E-state index contributed by atoms with van der Waals surface area (Å²) in [6.45, 7) is 8.56. The van der Waals surface area contributed by atoms with E-state index >= 15 is 0 Å². The molecule has 106 valence electrons. The monoisotopic (exact) mass is 327 g/mol. The standard InChI is InChI=1S/C15H22BrNO2/c1-4-17-13-9-15(3,10-18-5-2)19-14-8-11(16)6-7-12(13)14/h6-8,13,17H,4-5,9-10H2,1-3H3. The van der Waals surface area contributed by atoms with Gasteiger partial charge in [0.05, 0.1) is 6.61 Å². The summed E-state index contributed by atoms with van der Waals surface area (Å²) >= 11 is 3.51. The molecule has 2 atom stereocenters. The van der Waals surface area contributed by atoms with Crippen LogP contribution in [0.5, 0.6) is 5.75 Å². The van der Waals surface area contributed by atoms with E-state index in [9.17, 15) is 0 Å². The molecule has 0 aliphatic carbocycles. The Balaban J connectivity index is 2.27. The SMILES string of the molecule is CCNC1CC(C)(COCC)Oc2cc(Br)ccc21. The number of halogens is 1. The zero-order valence-electron chi connectivity index (χ0n) is 11.8. The maximum atomic E-state index is 6.18. The fraction of sp³-hybridized carbons (Fsp3) is 0.600. The molecule has 1 N–H and O–H groups in total. The summed E-state index contributed by atoms with van der Waals surface area (Å²) in [7, 11) is 0. The molecule has 1 aromatic carbocycles. The first-order chi connectivity index (χ1) is 9.08. The first-order valence-electron chi connectivity index (χ1n) is 6.87. The van der Waals surface area contributed by atoms with Crippen LogP contribution >= 0.6 is 15.9 Å². The highest BCUT2D eigenvalue weighted by Crippen LogP contribution is 2.40. The van der Waals surface area contributed by atoms with Gasteiger partial charge in [-0.25, -0.2) is 0 Å². The lowest BCUT2D eigenvalue weighted by molar-refractivity contribution is -0.0331. The van der Waals surface area contributed by atoms with Gasteiger partial charge in [0.1, 0.15) is 11.4 Å². The van der Waals surface area contributed by atoms with E-state index in [4.69, 9.17) is 9.47 Å². The molecule has 0 fully saturated rings. The van der Waals surface area contributed by atoms with E-state index in [0.717, 1.165) is 29.8 Å². The normalized spacial score (nSPS) is 25.8. The Labute approximate surface area is 123 Å². The number of hydrogen-bond acceptors (Lipinski definition) is 3. The highest BCUT2D eigenvalue weighted by atomic mass is 79.9. The van der Waals surface area contributed by atoms with Crippen LogP contribution in [0.4, 0.5) is 0 Å². The smallest absolute Gasteiger partial charge is 0.131 e. The van der Waals surface area contributed by atoms with Crippen molar-refractivity contribution in [3.8, 4) is 5.75 Å². The van der Waals surface area contributed by atoms with Crippen molar-refractivity contribution in [1.82, 2.24) is 5.32 Å². The van der Waals surface area contributed by atoms with Crippen LogP contribution in [0.2, 0.25) is 0 Å². The minimum Gasteiger partial charge on any atom is -0.485 e. The maximum Gasteiger partial charge on any atom is 0.131 e. The number of hydrogen-bond donors (Lipinski definition) is 1. The second kappa shape index (κ2) is 6.25. The van der Waals surface area contributed by atoms with Gasteiger partial charge in [0, 0.05) is 29.1 Å². The van der Waals surface area contributed by atoms with Gasteiger partial charge in [-0.15, -0.1) is 0 Å². The number of rotatable bonds is 5. The first-order valence-corrected chi connectivity index (χ1v) is 7.67. The topological polar surface area (TPSA) is 30.5 Å². The fourth-order valence-electron chi connectivity index (χ4n) is 2.57. The summed E-state index contributed by atoms with van der Waals surface area (Å²) < 4.78 is 12.8. The van der Waals surface area contributed by atoms with E-state index < -0.39 is 0 Å². The highest BCUT2D eigenvalue weighted by Gasteiger charge is 2.37. The highest BCUT2D eigenvalue weighted by molar-refractivity contribution is 9.10. The van der Waals surface area contributed by atoms with Crippen LogP contribution in [0.1, 0.15) is 38.8 Å². The molecular formula is C15H22BrNO2. The predicted molar refractivity (Wildman–Crippen MR) is 80.7 cm³/mol. The third-order valence-corrected chi connectivity index (χ3v) is 3.90. The fourth-order valence-corrected chi connectivity index (χ4v) is 2.91. The number of fused-ring (bicyclic) bond motifs is 1. The molecular weight excluding hydrogens is 306 g/mol. The summed E-state index contributed by atoms with van der Waals surface area (Å²) in [4.78, 5) is 0. The van der Waals surface area contributed by atoms with Gasteiger partial charge >= 0.3 is 0 Å². The molecule has 1 heterocycles. The van der Waals surface area contributed by atoms with Crippen molar-refractivity contribution in [3.05, 3.63) is 28.2 Å². The zero-order valence-corrected chi connectivity index (χ0v) is 13.4. The van der Waals surface area contributed by atoms with Crippen molar-refractivity contribution in [1.29, 1.82) is 0 Å². The average Bonchev–Trinajstić information content (AvgIpc) is 2.36. The van der Waals surface area contributed by atoms with Crippen LogP contribution in [0.3, 0.4) is 0 Å². The Morgan fingerprint density at radius 2 is 2.26 bits per heavy atom. The number of benzene rings is 1. The van der Waals surface area contributed by atoms with Gasteiger partial charge in [0.2, 0.25) is 0 Å². The van der Waals surface area contributed by atoms with Gasteiger partial charge < -0.3 is 14.8 Å². The molecule has 0 radical (unpaired) electrons. The molecule has 0 spiro atoms. The second-order valence-electron chi connectivity index (χ2n) is 5.19. The van der Waals surface area contributed by atoms with E-state index in [2.05, 4.69) is 47.2 Å². The second-order valence-corrected chi connectivity index (χ2v) is 6.10. The van der Waals surface area contributed by atoms with Crippen molar-refractivity contribution in [3.63, 3.8) is 0 Å². The molecule has 3 nitrogen and oxygen atoms in total. The minimum absolute atomic E-state index is 0.267. The molecule has 2 unspecified atom stereocenters. The van der Waals surface area contributed by atoms with E-state index in [-0.39, 0.29) is 5.60 Å². The summed E-state index contributed by atoms with van der Waals surface area (Å²) in [6.07, 6.45) is 0.926. The van der Waals surface area contributed by atoms with Crippen LogP contribution in [0, 0.1) is 0 Å². The third-order valence-electron chi connectivity index (χ3n) is 3.41. The van der Waals surface area contributed by atoms with E-state index in [1.165, 1.54) is 5.56 Å². The number of nitrogens with one attached hydrogen (secondary N) is 1. The van der Waals surface area contributed by atoms with Gasteiger partial charge in [-0.05, 0) is 32.5 Å². The van der Waals surface area contributed by atoms with Crippen molar-refractivity contribution < 1.29 is 9.47 Å². The Kier molecular flexibility index (Phi) is 4.87. The van der Waals surface area contributed by atoms with Crippen LogP contribution in [0.15, 0.2) is 22.7 Å². The third kappa shape index (κ3) is 3.50. The molecule has 0 saturated carbocycles. The molecule has 1 aromatic rings. The molecule has 0 bridgehead atoms. The molecule has 4 heteroatoms. The minimum atomic E-state index is -0.267. The van der Waals surface area contributed by atoms with Gasteiger partial charge in [0.25, 0.3) is 0 Å². The lowest BCUT2D eigenvalue weighted by Gasteiger charge is -2.40. The largest absolute Gasteiger partial charge is 0.485 e. The van der Waals surface area contributed by atoms with Gasteiger partial charge in [0.15, 0.2) is 0 Å². The van der Waals surface area contributed by atoms with Crippen LogP contribution in [-0.2, 0) is 4.74 Å². The van der Waals surface area contributed by atoms with Gasteiger partial charge in [-0.3, -0.25) is 0 Å². The molecule has 0 amide bonds. The average molecular weight is 328 g/mol. The summed E-state index contributed by atoms with van der Waals surface area (Å²) in [5.74, 6) is 0.953. The maximum absolute atomic E-state index is 6.18. The molecule has 1 aliphatic rings. The lowest BCUT2D eigenvalue weighted by atomic mass is 9.89. The molecule has 1 aliphatic heterocycles. The Hall–Kier alpha value is -0.580. The van der Waals surface area contributed by atoms with E-state index in [1.807, 2.05) is 13.0 Å². The summed E-state index contributed by atoms with van der Waals surface area (Å²) in [6, 6.07) is 6.57. The van der Waals surface area contributed by atoms with Crippen molar-refractivity contribution in [2.45, 2.75) is 38.8 Å². The van der Waals surface area contributed by atoms with Crippen LogP contribution < -0.4 is 10.1 Å². The predicted octanol–water partition coefficient (Wildman–Crippen LogP) is 3.68. The van der Waals surface area contributed by atoms with Crippen molar-refractivity contribution in [2.75, 3.05) is 19.8 Å². The van der Waals surface area contributed by atoms with Crippen molar-refractivity contribution in [2.24, 2.45) is 0 Å². The molecule has 2 rings (SSSR count). The van der Waals surface area contributed by atoms with Gasteiger partial charge in [-0.2, -0.15) is 0 Å². The van der Waals surface area contributed by atoms with E-state index in [1.54, 1.807) is 0 Å². The lowest BCUT2D eigenvalue weighted by Crippen LogP contribution is -2.45. The summed E-state index contributed by atoms with van der Waals surface area (Å²) in [5, 5.41) is 3.54. The number of ether oxygens (including phenoxy) is 2. The van der Waals surface area contributed by atoms with Crippen LogP contribution in [-0.4, -0.2) is 25.4 Å².